The van der Waals surface area contributed by atoms with E-state index >= 15 is 0 Å². The molecule has 0 atom stereocenters. The molecule has 0 aromatic heterocycles. The van der Waals surface area contributed by atoms with Gasteiger partial charge < -0.3 is 0 Å². The maximum absolute atomic E-state index is 13.3. The highest BCUT2D eigenvalue weighted by molar-refractivity contribution is 9.10. The Morgan fingerprint density at radius 2 is 0.542 bits per heavy atom. The molecule has 0 spiro atoms. The van der Waals surface area contributed by atoms with Gasteiger partial charge in [0.2, 0.25) is 0 Å². The molecule has 0 aliphatic carbocycles. The molecule has 0 bridgehead atoms. The summed E-state index contributed by atoms with van der Waals surface area (Å²) in [6, 6.07) is 22.1. The number of anilines is 4. The van der Waals surface area contributed by atoms with E-state index in [1.54, 1.807) is 0 Å². The van der Waals surface area contributed by atoms with Crippen LogP contribution < -0.4 is 17.2 Å². The summed E-state index contributed by atoms with van der Waals surface area (Å²) in [5.41, 5.74) is -1.69. The lowest BCUT2D eigenvalue weighted by Crippen LogP contribution is -2.41. The molecule has 0 heterocycles. The van der Waals surface area contributed by atoms with Gasteiger partial charge in [-0.1, -0.05) is 68.3 Å². The first kappa shape index (κ1) is 39.3. The molecule has 0 amide bonds. The lowest BCUT2D eigenvalue weighted by Gasteiger charge is -2.33. The van der Waals surface area contributed by atoms with Crippen LogP contribution in [0.5, 0.6) is 0 Å². The lowest BCUT2D eigenvalue weighted by atomic mass is 10.3. The van der Waals surface area contributed by atoms with Crippen molar-refractivity contribution in [2.24, 2.45) is 0 Å². The van der Waals surface area contributed by atoms with E-state index in [1.807, 2.05) is 0 Å². The molecule has 20 heteroatoms. The Hall–Kier alpha value is -3.10. The molecule has 0 unspecified atom stereocenters. The van der Waals surface area contributed by atoms with Gasteiger partial charge in [-0.15, -0.1) is 52.7 Å². The van der Waals surface area contributed by atoms with Crippen LogP contribution in [0.15, 0.2) is 118 Å². The molecule has 260 valence electrons. The first-order chi connectivity index (χ1) is 22.2. The highest BCUT2D eigenvalue weighted by Gasteiger charge is 2.48. The van der Waals surface area contributed by atoms with Crippen LogP contribution in [0, 0.1) is 0 Å². The van der Waals surface area contributed by atoms with Crippen LogP contribution in [0.25, 0.3) is 0 Å². The lowest BCUT2D eigenvalue weighted by molar-refractivity contribution is -0.121. The van der Waals surface area contributed by atoms with E-state index in [0.717, 1.165) is 48.5 Å². The van der Waals surface area contributed by atoms with Gasteiger partial charge in [-0.3, -0.25) is 0 Å². The number of halogens is 14. The molecule has 0 aliphatic heterocycles. The van der Waals surface area contributed by atoms with E-state index in [1.165, 1.54) is 60.7 Å². The Kier molecular flexibility index (Phi) is 13.2. The van der Waals surface area contributed by atoms with Crippen LogP contribution in [0.4, 0.5) is 75.4 Å². The summed E-state index contributed by atoms with van der Waals surface area (Å²) >= 11 is 5.17. The Morgan fingerprint density at radius 1 is 0.333 bits per heavy atom. The summed E-state index contributed by atoms with van der Waals surface area (Å²) in [6.45, 7) is 0. The SMILES string of the molecule is FC(F)(F)N(SN(c1ccc(Br)cc1)C(F)(F)F)c1ccc(Br)cc1.FC(F)(F)N(SN(c1ccccc1)C(F)(F)F)c1ccccc1. The van der Waals surface area contributed by atoms with Gasteiger partial charge in [0.15, 0.2) is 0 Å². The maximum Gasteiger partial charge on any atom is 0.496 e. The summed E-state index contributed by atoms with van der Waals surface area (Å²) in [7, 11) is 0. The molecular formula is C28H18Br2F12N4S2. The molecule has 4 rings (SSSR count). The van der Waals surface area contributed by atoms with Crippen molar-refractivity contribution in [3.63, 3.8) is 0 Å². The minimum Gasteiger partial charge on any atom is -0.207 e. The largest absolute Gasteiger partial charge is 0.496 e. The van der Waals surface area contributed by atoms with Crippen molar-refractivity contribution < 1.29 is 52.7 Å². The Morgan fingerprint density at radius 3 is 0.750 bits per heavy atom. The first-order valence-electron chi connectivity index (χ1n) is 12.6. The van der Waals surface area contributed by atoms with Crippen LogP contribution in [-0.2, 0) is 0 Å². The Bertz CT molecular complexity index is 1440. The monoisotopic (exact) mass is 860 g/mol. The number of benzene rings is 4. The summed E-state index contributed by atoms with van der Waals surface area (Å²) in [4.78, 5) is 0. The van der Waals surface area contributed by atoms with Gasteiger partial charge in [-0.25, -0.2) is 17.2 Å². The second kappa shape index (κ2) is 16.1. The van der Waals surface area contributed by atoms with Crippen molar-refractivity contribution in [2.75, 3.05) is 17.2 Å². The van der Waals surface area contributed by atoms with Crippen molar-refractivity contribution in [2.45, 2.75) is 25.2 Å². The third-order valence-corrected chi connectivity index (χ3v) is 8.73. The van der Waals surface area contributed by atoms with E-state index in [4.69, 9.17) is 0 Å². The van der Waals surface area contributed by atoms with Gasteiger partial charge in [-0.05, 0) is 72.8 Å². The van der Waals surface area contributed by atoms with Gasteiger partial charge in [0.25, 0.3) is 0 Å². The van der Waals surface area contributed by atoms with Crippen molar-refractivity contribution in [3.8, 4) is 0 Å². The second-order valence-electron chi connectivity index (χ2n) is 8.84. The standard InChI is InChI=1S/C14H8Br2F6N2S.C14H10F6N2S/c15-9-1-5-11(6-2-9)23(13(17,18)19)25-24(14(20,21)22)12-7-3-10(16)4-8-12;15-13(16,17)21(11-7-3-1-4-8-11)23-22(14(18,19)20)12-9-5-2-6-10-12/h1-8H;1-10H. The van der Waals surface area contributed by atoms with E-state index < -0.39 is 72.2 Å². The van der Waals surface area contributed by atoms with Crippen LogP contribution in [0.1, 0.15) is 0 Å². The molecule has 0 saturated carbocycles. The average molecular weight is 862 g/mol. The predicted molar refractivity (Wildman–Crippen MR) is 170 cm³/mol. The van der Waals surface area contributed by atoms with Gasteiger partial charge in [-0.2, -0.15) is 0 Å². The predicted octanol–water partition coefficient (Wildman–Crippen LogP) is 12.7. The number of nitrogens with zero attached hydrogens (tertiary/aromatic N) is 4. The number of hydrogen-bond acceptors (Lipinski definition) is 6. The van der Waals surface area contributed by atoms with E-state index in [-0.39, 0.29) is 17.2 Å². The fraction of sp³-hybridized carbons (Fsp3) is 0.143. The van der Waals surface area contributed by atoms with E-state index in [2.05, 4.69) is 31.9 Å². The average Bonchev–Trinajstić information content (AvgIpc) is 2.98. The normalized spacial score (nSPS) is 12.1. The molecule has 0 aliphatic rings. The Balaban J connectivity index is 0.000000261. The second-order valence-corrected chi connectivity index (χ2v) is 12.5. The number of hydrogen-bond donors (Lipinski definition) is 0. The molecule has 48 heavy (non-hydrogen) atoms. The maximum atomic E-state index is 13.3. The fourth-order valence-corrected chi connectivity index (χ4v) is 5.49. The first-order valence-corrected chi connectivity index (χ1v) is 15.7. The summed E-state index contributed by atoms with van der Waals surface area (Å²) in [5.74, 6) is 0. The third-order valence-electron chi connectivity index (χ3n) is 5.35. The number of alkyl halides is 12. The number of para-hydroxylation sites is 2. The fourth-order valence-electron chi connectivity index (χ4n) is 3.40. The van der Waals surface area contributed by atoms with Crippen molar-refractivity contribution in [3.05, 3.63) is 118 Å². The van der Waals surface area contributed by atoms with Crippen molar-refractivity contribution in [1.29, 1.82) is 0 Å². The molecule has 0 saturated heterocycles. The molecular weight excluding hydrogens is 844 g/mol. The molecule has 4 aromatic rings. The van der Waals surface area contributed by atoms with Crippen LogP contribution in [0.2, 0.25) is 0 Å². The number of rotatable bonds is 8. The smallest absolute Gasteiger partial charge is 0.207 e. The van der Waals surface area contributed by atoms with Gasteiger partial charge in [0.05, 0.1) is 47.0 Å². The van der Waals surface area contributed by atoms with Gasteiger partial charge >= 0.3 is 25.2 Å². The van der Waals surface area contributed by atoms with Crippen LogP contribution in [-0.4, -0.2) is 25.2 Å². The highest BCUT2D eigenvalue weighted by Crippen LogP contribution is 2.44. The minimum absolute atomic E-state index is 0.340. The molecule has 0 N–H and O–H groups in total. The molecule has 4 aromatic carbocycles. The summed E-state index contributed by atoms with van der Waals surface area (Å²) < 4.78 is 159. The van der Waals surface area contributed by atoms with E-state index in [0.29, 0.717) is 8.95 Å². The zero-order valence-electron chi connectivity index (χ0n) is 23.3. The highest BCUT2D eigenvalue weighted by atomic mass is 79.9. The molecule has 0 fully saturated rings. The topological polar surface area (TPSA) is 13.0 Å². The summed E-state index contributed by atoms with van der Waals surface area (Å²) in [5, 5.41) is 0. The van der Waals surface area contributed by atoms with Gasteiger partial charge in [0.1, 0.15) is 0 Å². The van der Waals surface area contributed by atoms with Gasteiger partial charge in [0, 0.05) is 8.95 Å². The zero-order chi connectivity index (χ0) is 35.9. The van der Waals surface area contributed by atoms with E-state index in [9.17, 15) is 52.7 Å². The van der Waals surface area contributed by atoms with Crippen LogP contribution in [0.3, 0.4) is 0 Å². The molecule has 0 radical (unpaired) electrons. The quantitative estimate of drug-likeness (QED) is 0.0987. The van der Waals surface area contributed by atoms with Crippen molar-refractivity contribution >= 4 is 78.9 Å². The van der Waals surface area contributed by atoms with Crippen molar-refractivity contribution in [1.82, 2.24) is 0 Å². The zero-order valence-corrected chi connectivity index (χ0v) is 28.1. The minimum atomic E-state index is -5.03. The summed E-state index contributed by atoms with van der Waals surface area (Å²) in [6.07, 6.45) is -20.1. The molecule has 4 nitrogen and oxygen atoms in total. The third kappa shape index (κ3) is 11.5. The van der Waals surface area contributed by atoms with Crippen LogP contribution >= 0.6 is 56.1 Å². The Labute approximate surface area is 291 Å².